The van der Waals surface area contributed by atoms with Gasteiger partial charge in [-0.05, 0) is 49.9 Å². The van der Waals surface area contributed by atoms with Crippen molar-refractivity contribution < 1.29 is 14.3 Å². The Hall–Kier alpha value is -2.14. The van der Waals surface area contributed by atoms with Gasteiger partial charge in [-0.1, -0.05) is 12.1 Å². The number of anilines is 1. The summed E-state index contributed by atoms with van der Waals surface area (Å²) >= 11 is 1.76. The first-order chi connectivity index (χ1) is 11.7. The van der Waals surface area contributed by atoms with Gasteiger partial charge in [-0.15, -0.1) is 0 Å². The smallest absolute Gasteiger partial charge is 0.255 e. The zero-order valence-electron chi connectivity index (χ0n) is 14.3. The van der Waals surface area contributed by atoms with Crippen LogP contribution in [0.4, 0.5) is 5.69 Å². The van der Waals surface area contributed by atoms with E-state index in [-0.39, 0.29) is 5.91 Å². The number of hydrogen-bond acceptors (Lipinski definition) is 4. The number of amides is 1. The van der Waals surface area contributed by atoms with Crippen molar-refractivity contribution in [3.8, 4) is 11.5 Å². The summed E-state index contributed by atoms with van der Waals surface area (Å²) in [6.45, 7) is 4.94. The van der Waals surface area contributed by atoms with E-state index in [9.17, 15) is 4.79 Å². The van der Waals surface area contributed by atoms with Gasteiger partial charge in [0.1, 0.15) is 0 Å². The van der Waals surface area contributed by atoms with E-state index in [0.29, 0.717) is 36.0 Å². The van der Waals surface area contributed by atoms with Crippen LogP contribution in [0.3, 0.4) is 0 Å². The third-order valence-corrected chi connectivity index (χ3v) is 3.95. The number of ether oxygens (including phenoxy) is 2. The van der Waals surface area contributed by atoms with Crippen LogP contribution in [-0.2, 0) is 5.75 Å². The van der Waals surface area contributed by atoms with Gasteiger partial charge in [0.25, 0.3) is 5.91 Å². The number of benzene rings is 2. The molecule has 0 atom stereocenters. The van der Waals surface area contributed by atoms with Crippen molar-refractivity contribution in [2.45, 2.75) is 19.6 Å². The van der Waals surface area contributed by atoms with Crippen LogP contribution in [0.25, 0.3) is 0 Å². The van der Waals surface area contributed by atoms with Crippen LogP contribution < -0.4 is 14.8 Å². The van der Waals surface area contributed by atoms with Crippen LogP contribution in [-0.4, -0.2) is 25.4 Å². The molecule has 2 aromatic carbocycles. The predicted molar refractivity (Wildman–Crippen MR) is 100 cm³/mol. The van der Waals surface area contributed by atoms with Crippen molar-refractivity contribution in [3.05, 3.63) is 53.6 Å². The van der Waals surface area contributed by atoms with Gasteiger partial charge in [0.15, 0.2) is 11.5 Å². The minimum absolute atomic E-state index is 0.141. The second-order valence-corrected chi connectivity index (χ2v) is 5.98. The van der Waals surface area contributed by atoms with Gasteiger partial charge in [-0.25, -0.2) is 0 Å². The van der Waals surface area contributed by atoms with Crippen molar-refractivity contribution >= 4 is 23.4 Å². The maximum Gasteiger partial charge on any atom is 0.255 e. The molecule has 4 nitrogen and oxygen atoms in total. The lowest BCUT2D eigenvalue weighted by atomic mass is 10.1. The second kappa shape index (κ2) is 9.23. The van der Waals surface area contributed by atoms with E-state index in [1.807, 2.05) is 50.2 Å². The summed E-state index contributed by atoms with van der Waals surface area (Å²) in [6.07, 6.45) is 2.06. The van der Waals surface area contributed by atoms with Crippen LogP contribution in [0.1, 0.15) is 29.8 Å². The van der Waals surface area contributed by atoms with E-state index < -0.39 is 0 Å². The van der Waals surface area contributed by atoms with Crippen LogP contribution in [0.2, 0.25) is 0 Å². The molecule has 0 aliphatic carbocycles. The van der Waals surface area contributed by atoms with Crippen LogP contribution >= 0.6 is 11.8 Å². The molecule has 0 heterocycles. The highest BCUT2D eigenvalue weighted by molar-refractivity contribution is 7.97. The van der Waals surface area contributed by atoms with Crippen molar-refractivity contribution in [2.24, 2.45) is 0 Å². The number of hydrogen-bond donors (Lipinski definition) is 1. The maximum atomic E-state index is 12.4. The van der Waals surface area contributed by atoms with Gasteiger partial charge in [-0.3, -0.25) is 4.79 Å². The molecule has 1 N–H and O–H groups in total. The maximum absolute atomic E-state index is 12.4. The molecular weight excluding hydrogens is 322 g/mol. The van der Waals surface area contributed by atoms with E-state index in [4.69, 9.17) is 9.47 Å². The van der Waals surface area contributed by atoms with Gasteiger partial charge in [0.05, 0.1) is 13.2 Å². The number of thioether (sulfide) groups is 1. The third kappa shape index (κ3) is 4.93. The first kappa shape index (κ1) is 18.2. The van der Waals surface area contributed by atoms with Gasteiger partial charge in [0.2, 0.25) is 0 Å². The Bertz CT molecular complexity index is 671. The molecule has 0 aliphatic rings. The van der Waals surface area contributed by atoms with Crippen LogP contribution in [0, 0.1) is 0 Å². The van der Waals surface area contributed by atoms with Gasteiger partial charge < -0.3 is 14.8 Å². The average Bonchev–Trinajstić information content (AvgIpc) is 2.58. The fraction of sp³-hybridized carbons (Fsp3) is 0.316. The second-order valence-electron chi connectivity index (χ2n) is 5.11. The molecule has 1 amide bonds. The number of nitrogens with one attached hydrogen (secondary N) is 1. The van der Waals surface area contributed by atoms with E-state index in [1.54, 1.807) is 17.8 Å². The van der Waals surface area contributed by atoms with Crippen LogP contribution in [0.15, 0.2) is 42.5 Å². The molecule has 0 fully saturated rings. The van der Waals surface area contributed by atoms with Crippen molar-refractivity contribution in [1.82, 2.24) is 0 Å². The molecule has 5 heteroatoms. The Morgan fingerprint density at radius 2 is 1.67 bits per heavy atom. The molecule has 0 saturated carbocycles. The zero-order valence-corrected chi connectivity index (χ0v) is 15.1. The van der Waals surface area contributed by atoms with Crippen LogP contribution in [0.5, 0.6) is 11.5 Å². The summed E-state index contributed by atoms with van der Waals surface area (Å²) in [5, 5.41) is 2.90. The number of carbonyl (C=O) groups is 1. The van der Waals surface area contributed by atoms with Crippen molar-refractivity contribution in [1.29, 1.82) is 0 Å². The molecule has 0 aliphatic heterocycles. The largest absolute Gasteiger partial charge is 0.490 e. The fourth-order valence-corrected chi connectivity index (χ4v) is 2.78. The number of rotatable bonds is 8. The Kier molecular flexibility index (Phi) is 7.00. The third-order valence-electron chi connectivity index (χ3n) is 3.33. The minimum atomic E-state index is -0.141. The zero-order chi connectivity index (χ0) is 17.4. The SMILES string of the molecule is CCOc1ccc(NC(=O)c2ccc(CSC)cc2)cc1OCC. The molecule has 0 spiro atoms. The molecule has 0 bridgehead atoms. The number of carbonyl (C=O) groups excluding carboxylic acids is 1. The Morgan fingerprint density at radius 1 is 1.00 bits per heavy atom. The fourth-order valence-electron chi connectivity index (χ4n) is 2.25. The van der Waals surface area contributed by atoms with Gasteiger partial charge >= 0.3 is 0 Å². The van der Waals surface area contributed by atoms with Crippen molar-refractivity contribution in [3.63, 3.8) is 0 Å². The summed E-state index contributed by atoms with van der Waals surface area (Å²) in [6, 6.07) is 13.1. The Labute approximate surface area is 147 Å². The molecule has 0 aromatic heterocycles. The summed E-state index contributed by atoms with van der Waals surface area (Å²) in [4.78, 5) is 12.4. The Balaban J connectivity index is 2.11. The highest BCUT2D eigenvalue weighted by Crippen LogP contribution is 2.30. The Morgan fingerprint density at radius 3 is 2.29 bits per heavy atom. The molecule has 2 rings (SSSR count). The highest BCUT2D eigenvalue weighted by atomic mass is 32.2. The molecule has 0 radical (unpaired) electrons. The van der Waals surface area contributed by atoms with Crippen molar-refractivity contribution in [2.75, 3.05) is 24.8 Å². The lowest BCUT2D eigenvalue weighted by Crippen LogP contribution is -2.12. The minimum Gasteiger partial charge on any atom is -0.490 e. The lowest BCUT2D eigenvalue weighted by molar-refractivity contribution is 0.102. The predicted octanol–water partition coefficient (Wildman–Crippen LogP) is 4.60. The normalized spacial score (nSPS) is 10.3. The van der Waals surface area contributed by atoms with E-state index in [2.05, 4.69) is 11.6 Å². The summed E-state index contributed by atoms with van der Waals surface area (Å²) in [7, 11) is 0. The quantitative estimate of drug-likeness (QED) is 0.759. The topological polar surface area (TPSA) is 47.6 Å². The molecule has 128 valence electrons. The lowest BCUT2D eigenvalue weighted by Gasteiger charge is -2.13. The van der Waals surface area contributed by atoms with Gasteiger partial charge in [0, 0.05) is 23.1 Å². The van der Waals surface area contributed by atoms with E-state index in [0.717, 1.165) is 5.75 Å². The van der Waals surface area contributed by atoms with Gasteiger partial charge in [-0.2, -0.15) is 11.8 Å². The molecule has 0 unspecified atom stereocenters. The summed E-state index contributed by atoms with van der Waals surface area (Å²) < 4.78 is 11.1. The average molecular weight is 345 g/mol. The molecule has 2 aromatic rings. The molecule has 24 heavy (non-hydrogen) atoms. The molecule has 0 saturated heterocycles. The highest BCUT2D eigenvalue weighted by Gasteiger charge is 2.10. The van der Waals surface area contributed by atoms with E-state index in [1.165, 1.54) is 5.56 Å². The first-order valence-corrected chi connectivity index (χ1v) is 9.36. The monoisotopic (exact) mass is 345 g/mol. The molecular formula is C19H23NO3S. The summed E-state index contributed by atoms with van der Waals surface area (Å²) in [5.74, 6) is 2.11. The first-order valence-electron chi connectivity index (χ1n) is 7.96. The standard InChI is InChI=1S/C19H23NO3S/c1-4-22-17-11-10-16(12-18(17)23-5-2)20-19(21)15-8-6-14(7-9-15)13-24-3/h6-12H,4-5,13H2,1-3H3,(H,20,21). The van der Waals surface area contributed by atoms with E-state index >= 15 is 0 Å². The summed E-state index contributed by atoms with van der Waals surface area (Å²) in [5.41, 5.74) is 2.52.